The fourth-order valence-corrected chi connectivity index (χ4v) is 2.10. The largest absolute Gasteiger partial charge is 0.336 e. The molecule has 1 fully saturated rings. The average molecular weight is 284 g/mol. The molecule has 1 aromatic rings. The first kappa shape index (κ1) is 14.4. The van der Waals surface area contributed by atoms with Gasteiger partial charge in [0, 0.05) is 24.7 Å². The third-order valence-corrected chi connectivity index (χ3v) is 3.26. The van der Waals surface area contributed by atoms with E-state index in [0.717, 1.165) is 11.0 Å². The molecule has 1 saturated heterocycles. The quantitative estimate of drug-likeness (QED) is 0.826. The number of carbonyl (C=O) groups is 2. The highest BCUT2D eigenvalue weighted by molar-refractivity contribution is 5.96. The minimum absolute atomic E-state index is 0.0331. The van der Waals surface area contributed by atoms with Crippen LogP contribution in [0.2, 0.25) is 0 Å². The van der Waals surface area contributed by atoms with Crippen LogP contribution in [-0.2, 0) is 4.79 Å². The lowest BCUT2D eigenvalue weighted by Gasteiger charge is -2.14. The van der Waals surface area contributed by atoms with Crippen molar-refractivity contribution in [1.82, 2.24) is 10.2 Å². The van der Waals surface area contributed by atoms with Gasteiger partial charge in [0.05, 0.1) is 0 Å². The number of quaternary nitrogens is 1. The zero-order valence-corrected chi connectivity index (χ0v) is 11.0. The maximum atomic E-state index is 13.6. The molecule has 2 rings (SSSR count). The summed E-state index contributed by atoms with van der Waals surface area (Å²) in [6.07, 6.45) is 0. The fraction of sp³-hybridized carbons (Fsp3) is 0.385. The number of rotatable bonds is 4. The van der Waals surface area contributed by atoms with Gasteiger partial charge >= 0.3 is 6.03 Å². The molecule has 0 radical (unpaired) electrons. The summed E-state index contributed by atoms with van der Waals surface area (Å²) in [6, 6.07) is 2.61. The van der Waals surface area contributed by atoms with Gasteiger partial charge in [-0.05, 0) is 19.1 Å². The zero-order chi connectivity index (χ0) is 14.7. The lowest BCUT2D eigenvalue weighted by molar-refractivity contribution is -0.683. The van der Waals surface area contributed by atoms with Crippen molar-refractivity contribution in [2.75, 3.05) is 19.6 Å². The highest BCUT2D eigenvalue weighted by Gasteiger charge is 2.27. The Labute approximate surface area is 114 Å². The SMILES string of the molecule is C[C@H]([NH2+]CC(=O)N1CCNC1=O)c1ccc(F)cc1F. The number of amides is 3. The summed E-state index contributed by atoms with van der Waals surface area (Å²) in [5.74, 6) is -1.60. The highest BCUT2D eigenvalue weighted by Crippen LogP contribution is 2.14. The zero-order valence-electron chi connectivity index (χ0n) is 11.0. The molecule has 7 heteroatoms. The molecule has 0 saturated carbocycles. The fourth-order valence-electron chi connectivity index (χ4n) is 2.10. The lowest BCUT2D eigenvalue weighted by Crippen LogP contribution is -2.87. The highest BCUT2D eigenvalue weighted by atomic mass is 19.1. The van der Waals surface area contributed by atoms with Crippen LogP contribution < -0.4 is 10.6 Å². The predicted octanol–water partition coefficient (Wildman–Crippen LogP) is 0.141. The van der Waals surface area contributed by atoms with Crippen molar-refractivity contribution in [1.29, 1.82) is 0 Å². The van der Waals surface area contributed by atoms with Gasteiger partial charge in [-0.25, -0.2) is 13.6 Å². The normalized spacial score (nSPS) is 16.1. The topological polar surface area (TPSA) is 66.0 Å². The first-order valence-corrected chi connectivity index (χ1v) is 6.35. The molecule has 5 nitrogen and oxygen atoms in total. The second-order valence-electron chi connectivity index (χ2n) is 4.67. The van der Waals surface area contributed by atoms with Gasteiger partial charge in [0.25, 0.3) is 5.91 Å². The number of imide groups is 1. The molecule has 0 unspecified atom stereocenters. The van der Waals surface area contributed by atoms with E-state index < -0.39 is 17.7 Å². The number of nitrogens with two attached hydrogens (primary N) is 1. The molecule has 1 heterocycles. The second-order valence-corrected chi connectivity index (χ2v) is 4.67. The van der Waals surface area contributed by atoms with Crippen LogP contribution in [0, 0.1) is 11.6 Å². The first-order valence-electron chi connectivity index (χ1n) is 6.35. The number of carbonyl (C=O) groups excluding carboxylic acids is 2. The maximum Gasteiger partial charge on any atom is 0.324 e. The minimum Gasteiger partial charge on any atom is -0.336 e. The van der Waals surface area contributed by atoms with Crippen LogP contribution in [0.15, 0.2) is 18.2 Å². The smallest absolute Gasteiger partial charge is 0.324 e. The average Bonchev–Trinajstić information content (AvgIpc) is 2.82. The Morgan fingerprint density at radius 3 is 2.85 bits per heavy atom. The number of benzene rings is 1. The van der Waals surface area contributed by atoms with E-state index in [1.165, 1.54) is 12.1 Å². The molecule has 1 atom stereocenters. The van der Waals surface area contributed by atoms with E-state index in [4.69, 9.17) is 0 Å². The molecule has 0 spiro atoms. The van der Waals surface area contributed by atoms with Crippen molar-refractivity contribution >= 4 is 11.9 Å². The number of halogens is 2. The van der Waals surface area contributed by atoms with Gasteiger partial charge in [0.15, 0.2) is 6.54 Å². The summed E-state index contributed by atoms with van der Waals surface area (Å²) in [7, 11) is 0. The number of urea groups is 1. The lowest BCUT2D eigenvalue weighted by atomic mass is 10.1. The molecular weight excluding hydrogens is 268 g/mol. The summed E-state index contributed by atoms with van der Waals surface area (Å²) in [4.78, 5) is 24.2. The van der Waals surface area contributed by atoms with Gasteiger partial charge in [-0.2, -0.15) is 0 Å². The van der Waals surface area contributed by atoms with Gasteiger partial charge in [0.1, 0.15) is 17.7 Å². The van der Waals surface area contributed by atoms with Crippen molar-refractivity contribution < 1.29 is 23.7 Å². The summed E-state index contributed by atoms with van der Waals surface area (Å²) < 4.78 is 26.4. The van der Waals surface area contributed by atoms with Crippen LogP contribution in [0.4, 0.5) is 13.6 Å². The molecule has 0 bridgehead atoms. The monoisotopic (exact) mass is 284 g/mol. The molecule has 1 aliphatic heterocycles. The molecular formula is C13H16F2N3O2+. The first-order chi connectivity index (χ1) is 9.49. The van der Waals surface area contributed by atoms with Crippen LogP contribution in [0.25, 0.3) is 0 Å². The number of hydrogen-bond acceptors (Lipinski definition) is 2. The standard InChI is InChI=1S/C13H15F2N3O2/c1-8(10-3-2-9(14)6-11(10)15)17-7-12(19)18-5-4-16-13(18)20/h2-3,6,8,17H,4-5,7H2,1H3,(H,16,20)/p+1/t8-/m0/s1. The Morgan fingerprint density at radius 1 is 1.50 bits per heavy atom. The molecule has 108 valence electrons. The van der Waals surface area contributed by atoms with Crippen LogP contribution in [-0.4, -0.2) is 36.5 Å². The Balaban J connectivity index is 1.93. The van der Waals surface area contributed by atoms with Gasteiger partial charge < -0.3 is 10.6 Å². The summed E-state index contributed by atoms with van der Waals surface area (Å²) in [6.45, 7) is 2.55. The molecule has 1 aliphatic rings. The van der Waals surface area contributed by atoms with E-state index >= 15 is 0 Å². The predicted molar refractivity (Wildman–Crippen MR) is 66.7 cm³/mol. The van der Waals surface area contributed by atoms with E-state index in [9.17, 15) is 18.4 Å². The molecule has 3 N–H and O–H groups in total. The number of nitrogens with zero attached hydrogens (tertiary/aromatic N) is 1. The Bertz CT molecular complexity index is 536. The number of nitrogens with one attached hydrogen (secondary N) is 1. The van der Waals surface area contributed by atoms with E-state index in [1.54, 1.807) is 12.2 Å². The van der Waals surface area contributed by atoms with Crippen LogP contribution in [0.5, 0.6) is 0 Å². The summed E-state index contributed by atoms with van der Waals surface area (Å²) >= 11 is 0. The third-order valence-electron chi connectivity index (χ3n) is 3.26. The molecule has 3 amide bonds. The van der Waals surface area contributed by atoms with Crippen molar-refractivity contribution in [2.24, 2.45) is 0 Å². The van der Waals surface area contributed by atoms with Gasteiger partial charge in [0.2, 0.25) is 0 Å². The molecule has 20 heavy (non-hydrogen) atoms. The van der Waals surface area contributed by atoms with E-state index in [0.29, 0.717) is 18.7 Å². The van der Waals surface area contributed by atoms with Crippen molar-refractivity contribution in [3.8, 4) is 0 Å². The Hall–Kier alpha value is -2.02. The van der Waals surface area contributed by atoms with Crippen molar-refractivity contribution in [2.45, 2.75) is 13.0 Å². The van der Waals surface area contributed by atoms with Gasteiger partial charge in [-0.15, -0.1) is 0 Å². The summed E-state index contributed by atoms with van der Waals surface area (Å²) in [5.41, 5.74) is 0.324. The molecule has 0 aliphatic carbocycles. The van der Waals surface area contributed by atoms with Crippen LogP contribution in [0.3, 0.4) is 0 Å². The van der Waals surface area contributed by atoms with Crippen molar-refractivity contribution in [3.63, 3.8) is 0 Å². The molecule has 1 aromatic carbocycles. The minimum atomic E-state index is -0.639. The van der Waals surface area contributed by atoms with Crippen molar-refractivity contribution in [3.05, 3.63) is 35.4 Å². The Kier molecular flexibility index (Phi) is 4.29. The van der Waals surface area contributed by atoms with E-state index in [-0.39, 0.29) is 18.5 Å². The van der Waals surface area contributed by atoms with E-state index in [2.05, 4.69) is 5.32 Å². The maximum absolute atomic E-state index is 13.6. The van der Waals surface area contributed by atoms with E-state index in [1.807, 2.05) is 0 Å². The second kappa shape index (κ2) is 5.96. The summed E-state index contributed by atoms with van der Waals surface area (Å²) in [5, 5.41) is 4.15. The van der Waals surface area contributed by atoms with Gasteiger partial charge in [-0.3, -0.25) is 9.69 Å². The van der Waals surface area contributed by atoms with Crippen LogP contribution in [0.1, 0.15) is 18.5 Å². The Morgan fingerprint density at radius 2 is 2.25 bits per heavy atom. The van der Waals surface area contributed by atoms with Gasteiger partial charge in [-0.1, -0.05) is 0 Å². The van der Waals surface area contributed by atoms with Crippen LogP contribution >= 0.6 is 0 Å². The number of hydrogen-bond donors (Lipinski definition) is 2. The third kappa shape index (κ3) is 3.11. The molecule has 0 aromatic heterocycles.